The molecule has 0 N–H and O–H groups in total. The van der Waals surface area contributed by atoms with E-state index in [9.17, 15) is 0 Å². The molecule has 2 nitrogen and oxygen atoms in total. The fourth-order valence-electron chi connectivity index (χ4n) is 12.4. The first-order valence-corrected chi connectivity index (χ1v) is 27.1. The largest absolute Gasteiger partial charge is 0.456 e. The van der Waals surface area contributed by atoms with Gasteiger partial charge in [0.05, 0.1) is 6.04 Å². The van der Waals surface area contributed by atoms with Gasteiger partial charge in [0.25, 0.3) is 0 Å². The zero-order valence-electron chi connectivity index (χ0n) is 39.7. The highest BCUT2D eigenvalue weighted by Crippen LogP contribution is 2.51. The average Bonchev–Trinajstić information content (AvgIpc) is 4.12. The summed E-state index contributed by atoms with van der Waals surface area (Å²) in [5.74, 6) is 0.613. The Balaban J connectivity index is 0.888. The van der Waals surface area contributed by atoms with Crippen LogP contribution >= 0.6 is 22.7 Å². The minimum atomic E-state index is -0.109. The summed E-state index contributed by atoms with van der Waals surface area (Å²) < 4.78 is 11.8. The van der Waals surface area contributed by atoms with E-state index in [1.165, 1.54) is 96.0 Å². The van der Waals surface area contributed by atoms with Crippen LogP contribution in [0.4, 0.5) is 0 Å². The van der Waals surface area contributed by atoms with E-state index >= 15 is 0 Å². The molecule has 0 radical (unpaired) electrons. The van der Waals surface area contributed by atoms with Crippen molar-refractivity contribution in [1.82, 2.24) is 0 Å². The SMILES string of the molecule is CCC1/C(c2cccc3sc4c(-c5ccc6c(c5)CC(CCc5ccccc5)c5ccccc5-6)cccc4c23)=C\CCC(c2ccc3c(c2)oc2ccccc23)=NC1c1cccc2sc3ccccc3c12. The lowest BCUT2D eigenvalue weighted by molar-refractivity contribution is 0.522. The summed E-state index contributed by atoms with van der Waals surface area (Å²) in [6.07, 6.45) is 8.54. The number of aliphatic imine (C=N–C) groups is 1. The Bertz CT molecular complexity index is 4110. The topological polar surface area (TPSA) is 25.5 Å². The monoisotopic (exact) mass is 949 g/mol. The molecule has 4 heteroatoms. The minimum Gasteiger partial charge on any atom is -0.456 e. The van der Waals surface area contributed by atoms with Crippen molar-refractivity contribution in [3.63, 3.8) is 0 Å². The van der Waals surface area contributed by atoms with Crippen LogP contribution in [0.25, 0.3) is 90.1 Å². The summed E-state index contributed by atoms with van der Waals surface area (Å²) in [4.78, 5) is 6.01. The number of hydrogen-bond donors (Lipinski definition) is 0. The van der Waals surface area contributed by atoms with Gasteiger partial charge in [0.2, 0.25) is 0 Å². The molecule has 3 atom stereocenters. The predicted molar refractivity (Wildman–Crippen MR) is 305 cm³/mol. The molecule has 0 saturated carbocycles. The second kappa shape index (κ2) is 17.5. The number of fused-ring (bicyclic) bond motifs is 12. The van der Waals surface area contributed by atoms with Crippen molar-refractivity contribution in [3.05, 3.63) is 234 Å². The molecule has 0 spiro atoms. The molecule has 4 heterocycles. The minimum absolute atomic E-state index is 0.109. The van der Waals surface area contributed by atoms with E-state index in [1.807, 2.05) is 28.7 Å². The number of benzene rings is 9. The number of para-hydroxylation sites is 1. The van der Waals surface area contributed by atoms with Crippen molar-refractivity contribution in [2.75, 3.05) is 0 Å². The Labute approximate surface area is 422 Å². The van der Waals surface area contributed by atoms with E-state index in [1.54, 1.807) is 0 Å². The summed E-state index contributed by atoms with van der Waals surface area (Å²) in [6, 6.07) is 72.4. The van der Waals surface area contributed by atoms with Gasteiger partial charge in [0.1, 0.15) is 11.2 Å². The molecule has 342 valence electrons. The summed E-state index contributed by atoms with van der Waals surface area (Å²) >= 11 is 3.84. The van der Waals surface area contributed by atoms with E-state index in [-0.39, 0.29) is 12.0 Å². The van der Waals surface area contributed by atoms with Gasteiger partial charge in [-0.2, -0.15) is 0 Å². The van der Waals surface area contributed by atoms with E-state index in [2.05, 4.69) is 201 Å². The van der Waals surface area contributed by atoms with Crippen molar-refractivity contribution in [2.45, 2.75) is 57.4 Å². The van der Waals surface area contributed by atoms with Crippen LogP contribution in [0.2, 0.25) is 0 Å². The van der Waals surface area contributed by atoms with Gasteiger partial charge in [0, 0.05) is 62.7 Å². The molecule has 3 aromatic heterocycles. The summed E-state index contributed by atoms with van der Waals surface area (Å²) in [6.45, 7) is 2.37. The second-order valence-electron chi connectivity index (χ2n) is 19.7. The first-order valence-electron chi connectivity index (χ1n) is 25.4. The van der Waals surface area contributed by atoms with E-state index in [0.29, 0.717) is 5.92 Å². The molecule has 0 bridgehead atoms. The van der Waals surface area contributed by atoms with Crippen LogP contribution in [0.5, 0.6) is 0 Å². The molecule has 0 saturated heterocycles. The fourth-order valence-corrected chi connectivity index (χ4v) is 14.9. The third kappa shape index (κ3) is 7.22. The molecule has 14 rings (SSSR count). The highest BCUT2D eigenvalue weighted by Gasteiger charge is 2.32. The van der Waals surface area contributed by atoms with Crippen molar-refractivity contribution in [3.8, 4) is 22.3 Å². The summed E-state index contributed by atoms with van der Waals surface area (Å²) in [5, 5.41) is 7.66. The van der Waals surface area contributed by atoms with Gasteiger partial charge in [-0.1, -0.05) is 171 Å². The third-order valence-corrected chi connectivity index (χ3v) is 18.1. The van der Waals surface area contributed by atoms with Crippen molar-refractivity contribution < 1.29 is 4.42 Å². The Kier molecular flexibility index (Phi) is 10.5. The number of rotatable bonds is 8. The first-order chi connectivity index (χ1) is 35.1. The Morgan fingerprint density at radius 2 is 1.24 bits per heavy atom. The lowest BCUT2D eigenvalue weighted by atomic mass is 9.76. The van der Waals surface area contributed by atoms with Crippen LogP contribution in [0.1, 0.15) is 77.9 Å². The van der Waals surface area contributed by atoms with Gasteiger partial charge in [-0.25, -0.2) is 0 Å². The van der Waals surface area contributed by atoms with Crippen LogP contribution in [0, 0.1) is 5.92 Å². The predicted octanol–water partition coefficient (Wildman–Crippen LogP) is 19.4. The Morgan fingerprint density at radius 1 is 0.535 bits per heavy atom. The Morgan fingerprint density at radius 3 is 2.15 bits per heavy atom. The molecule has 2 aliphatic rings. The maximum Gasteiger partial charge on any atom is 0.136 e. The third-order valence-electron chi connectivity index (χ3n) is 15.8. The molecule has 9 aromatic carbocycles. The van der Waals surface area contributed by atoms with E-state index < -0.39 is 0 Å². The van der Waals surface area contributed by atoms with Crippen LogP contribution in [-0.2, 0) is 12.8 Å². The zero-order valence-corrected chi connectivity index (χ0v) is 41.3. The molecule has 0 amide bonds. The smallest absolute Gasteiger partial charge is 0.136 e. The maximum atomic E-state index is 6.47. The fraction of sp³-hybridized carbons (Fsp3) is 0.149. The average molecular weight is 950 g/mol. The van der Waals surface area contributed by atoms with Gasteiger partial charge < -0.3 is 4.42 Å². The normalized spacial score (nSPS) is 17.8. The van der Waals surface area contributed by atoms with Crippen LogP contribution in [-0.4, -0.2) is 5.71 Å². The van der Waals surface area contributed by atoms with Crippen LogP contribution in [0.3, 0.4) is 0 Å². The van der Waals surface area contributed by atoms with Crippen molar-refractivity contribution in [2.24, 2.45) is 10.9 Å². The van der Waals surface area contributed by atoms with Gasteiger partial charge in [-0.05, 0) is 142 Å². The Hall–Kier alpha value is -7.37. The maximum absolute atomic E-state index is 6.47. The van der Waals surface area contributed by atoms with Crippen LogP contribution < -0.4 is 0 Å². The van der Waals surface area contributed by atoms with E-state index in [4.69, 9.17) is 9.41 Å². The highest BCUT2D eigenvalue weighted by atomic mass is 32.1. The molecule has 12 aromatic rings. The van der Waals surface area contributed by atoms with Crippen LogP contribution in [0.15, 0.2) is 210 Å². The van der Waals surface area contributed by atoms with Gasteiger partial charge in [0.15, 0.2) is 0 Å². The molecular formula is C67H51NOS2. The van der Waals surface area contributed by atoms with Crippen molar-refractivity contribution >= 4 is 96.2 Å². The number of hydrogen-bond acceptors (Lipinski definition) is 4. The number of thiophene rings is 2. The quantitative estimate of drug-likeness (QED) is 0.149. The number of nitrogens with zero attached hydrogens (tertiary/aromatic N) is 1. The summed E-state index contributed by atoms with van der Waals surface area (Å²) in [7, 11) is 0. The van der Waals surface area contributed by atoms with Crippen molar-refractivity contribution in [1.29, 1.82) is 0 Å². The van der Waals surface area contributed by atoms with Gasteiger partial charge in [-0.3, -0.25) is 4.99 Å². The lowest BCUT2D eigenvalue weighted by Gasteiger charge is -2.30. The van der Waals surface area contributed by atoms with E-state index in [0.717, 1.165) is 71.7 Å². The first kappa shape index (κ1) is 42.5. The molecule has 1 aliphatic carbocycles. The lowest BCUT2D eigenvalue weighted by Crippen LogP contribution is -2.18. The molecular weight excluding hydrogens is 899 g/mol. The van der Waals surface area contributed by atoms with Gasteiger partial charge in [-0.15, -0.1) is 22.7 Å². The van der Waals surface area contributed by atoms with Gasteiger partial charge >= 0.3 is 0 Å². The standard InChI is InChI=1S/C67H51NOS2/c1-2-46-50(23-13-27-58(44-35-37-53-52-20-8-10-28-59(52)69-60(53)40-44)68-66(46)56-25-15-30-62-65(56)55-21-9-11-29-61(55)70-62)54-24-14-31-63-64(54)57-26-12-22-49(67(57)71-63)43-34-36-48-45(39-43)38-42(47-18-6-7-19-51(47)48)33-32-41-16-4-3-5-17-41/h3-12,14-26,28-31,34-37,39-40,42,46,66H,2,13,27,32-33,38H2,1H3/b50-23+,68-58?. The number of furan rings is 1. The zero-order chi connectivity index (χ0) is 47.0. The molecule has 0 fully saturated rings. The summed E-state index contributed by atoms with van der Waals surface area (Å²) in [5.41, 5.74) is 18.0. The number of aryl methyl sites for hydroxylation is 1. The molecule has 1 aliphatic heterocycles. The molecule has 3 unspecified atom stereocenters. The molecule has 71 heavy (non-hydrogen) atoms. The number of allylic oxidation sites excluding steroid dienone is 1. The highest BCUT2D eigenvalue weighted by molar-refractivity contribution is 7.26. The second-order valence-corrected chi connectivity index (χ2v) is 21.8.